The molecule has 1 aliphatic carbocycles. The fourth-order valence-corrected chi connectivity index (χ4v) is 4.55. The first kappa shape index (κ1) is 15.5. The molecule has 0 aliphatic heterocycles. The number of nitrogens with one attached hydrogen (secondary N) is 1. The molecule has 1 aromatic heterocycles. The van der Waals surface area contributed by atoms with E-state index in [1.165, 1.54) is 17.4 Å². The van der Waals surface area contributed by atoms with Gasteiger partial charge in [0.25, 0.3) is 0 Å². The van der Waals surface area contributed by atoms with E-state index >= 15 is 0 Å². The van der Waals surface area contributed by atoms with E-state index in [0.29, 0.717) is 5.01 Å². The van der Waals surface area contributed by atoms with Crippen LogP contribution in [0.4, 0.5) is 8.78 Å². The third-order valence-electron chi connectivity index (χ3n) is 3.51. The number of hydrogen-bond acceptors (Lipinski definition) is 4. The quantitative estimate of drug-likeness (QED) is 0.876. The summed E-state index contributed by atoms with van der Waals surface area (Å²) in [7, 11) is -3.87. The number of halogens is 2. The van der Waals surface area contributed by atoms with Gasteiger partial charge in [0.2, 0.25) is 10.0 Å². The first-order chi connectivity index (χ1) is 10.5. The van der Waals surface area contributed by atoms with Crippen molar-refractivity contribution in [2.24, 2.45) is 5.92 Å². The Morgan fingerprint density at radius 1 is 1.32 bits per heavy atom. The van der Waals surface area contributed by atoms with Gasteiger partial charge < -0.3 is 0 Å². The molecule has 22 heavy (non-hydrogen) atoms. The molecule has 1 saturated carbocycles. The molecule has 1 aromatic carbocycles. The van der Waals surface area contributed by atoms with Crippen LogP contribution < -0.4 is 4.72 Å². The summed E-state index contributed by atoms with van der Waals surface area (Å²) in [4.78, 5) is 4.15. The van der Waals surface area contributed by atoms with Crippen LogP contribution in [0.1, 0.15) is 29.5 Å². The second kappa shape index (κ2) is 6.02. The average Bonchev–Trinajstić information content (AvgIpc) is 3.15. The zero-order valence-corrected chi connectivity index (χ0v) is 13.1. The normalized spacial score (nSPS) is 16.6. The van der Waals surface area contributed by atoms with Gasteiger partial charge >= 0.3 is 0 Å². The van der Waals surface area contributed by atoms with E-state index in [9.17, 15) is 17.2 Å². The molecule has 1 atom stereocenters. The summed E-state index contributed by atoms with van der Waals surface area (Å²) in [6, 6.07) is 2.89. The fraction of sp³-hybridized carbons (Fsp3) is 0.357. The van der Waals surface area contributed by atoms with Crippen molar-refractivity contribution in [2.75, 3.05) is 0 Å². The molecular weight excluding hydrogens is 330 g/mol. The average molecular weight is 344 g/mol. The maximum absolute atomic E-state index is 13.6. The monoisotopic (exact) mass is 344 g/mol. The van der Waals surface area contributed by atoms with E-state index in [1.807, 2.05) is 0 Å². The van der Waals surface area contributed by atoms with Gasteiger partial charge in [0.15, 0.2) is 0 Å². The summed E-state index contributed by atoms with van der Waals surface area (Å²) in [5, 5.41) is 2.45. The molecule has 0 radical (unpaired) electrons. The maximum atomic E-state index is 13.6. The Balaban J connectivity index is 1.81. The number of aromatic nitrogens is 1. The lowest BCUT2D eigenvalue weighted by molar-refractivity contribution is 0.520. The van der Waals surface area contributed by atoms with Crippen molar-refractivity contribution in [3.8, 4) is 0 Å². The van der Waals surface area contributed by atoms with Crippen LogP contribution in [0.15, 0.2) is 29.8 Å². The summed E-state index contributed by atoms with van der Waals surface area (Å²) >= 11 is 1.37. The standard InChI is InChI=1S/C14H14F2N2O2S2/c15-11-2-1-3-12(16)10(11)8-22(19,20)18-13(9-4-5-9)14-17-6-7-21-14/h1-3,6-7,9,13,18H,4-5,8H2/t13-/m1/s1. The molecule has 8 heteroatoms. The van der Waals surface area contributed by atoms with Crippen LogP contribution in [-0.2, 0) is 15.8 Å². The second-order valence-corrected chi connectivity index (χ2v) is 7.94. The van der Waals surface area contributed by atoms with E-state index < -0.39 is 39.0 Å². The number of hydrogen-bond donors (Lipinski definition) is 1. The maximum Gasteiger partial charge on any atom is 0.216 e. The van der Waals surface area contributed by atoms with Crippen LogP contribution >= 0.6 is 11.3 Å². The lowest BCUT2D eigenvalue weighted by Crippen LogP contribution is -2.31. The largest absolute Gasteiger partial charge is 0.248 e. The van der Waals surface area contributed by atoms with Gasteiger partial charge in [-0.25, -0.2) is 26.9 Å². The molecule has 0 unspecified atom stereocenters. The van der Waals surface area contributed by atoms with Crippen LogP contribution in [0, 0.1) is 17.6 Å². The third-order valence-corrected chi connectivity index (χ3v) is 5.65. The number of thiazole rings is 1. The summed E-state index contributed by atoms with van der Waals surface area (Å²) in [5.74, 6) is -2.24. The zero-order valence-electron chi connectivity index (χ0n) is 11.5. The molecule has 4 nitrogen and oxygen atoms in total. The van der Waals surface area contributed by atoms with E-state index in [1.54, 1.807) is 11.6 Å². The highest BCUT2D eigenvalue weighted by Gasteiger charge is 2.36. The van der Waals surface area contributed by atoms with E-state index in [4.69, 9.17) is 0 Å². The predicted octanol–water partition coefficient (Wildman–Crippen LogP) is 2.99. The van der Waals surface area contributed by atoms with Crippen LogP contribution in [0.3, 0.4) is 0 Å². The molecule has 1 aliphatic rings. The van der Waals surface area contributed by atoms with Crippen molar-refractivity contribution in [3.63, 3.8) is 0 Å². The number of rotatable bonds is 6. The predicted molar refractivity (Wildman–Crippen MR) is 79.7 cm³/mol. The lowest BCUT2D eigenvalue weighted by atomic mass is 10.2. The molecule has 1 heterocycles. The van der Waals surface area contributed by atoms with Gasteiger partial charge in [-0.15, -0.1) is 11.3 Å². The Morgan fingerprint density at radius 2 is 2.00 bits per heavy atom. The minimum Gasteiger partial charge on any atom is -0.248 e. The number of benzene rings is 1. The smallest absolute Gasteiger partial charge is 0.216 e. The molecule has 118 valence electrons. The Bertz CT molecular complexity index is 739. The molecule has 1 N–H and O–H groups in total. The molecule has 0 amide bonds. The molecule has 1 fully saturated rings. The Morgan fingerprint density at radius 3 is 2.55 bits per heavy atom. The lowest BCUT2D eigenvalue weighted by Gasteiger charge is -2.16. The van der Waals surface area contributed by atoms with Crippen molar-refractivity contribution < 1.29 is 17.2 Å². The molecule has 3 rings (SSSR count). The van der Waals surface area contributed by atoms with Gasteiger partial charge in [-0.3, -0.25) is 0 Å². The number of sulfonamides is 1. The summed E-state index contributed by atoms with van der Waals surface area (Å²) in [6.45, 7) is 0. The van der Waals surface area contributed by atoms with Crippen molar-refractivity contribution >= 4 is 21.4 Å². The van der Waals surface area contributed by atoms with Crippen LogP contribution in [-0.4, -0.2) is 13.4 Å². The Labute approximate surface area is 131 Å². The van der Waals surface area contributed by atoms with Crippen LogP contribution in [0.25, 0.3) is 0 Å². The van der Waals surface area contributed by atoms with Gasteiger partial charge in [-0.2, -0.15) is 0 Å². The highest BCUT2D eigenvalue weighted by molar-refractivity contribution is 7.88. The van der Waals surface area contributed by atoms with Crippen LogP contribution in [0.2, 0.25) is 0 Å². The summed E-state index contributed by atoms with van der Waals surface area (Å²) < 4.78 is 54.3. The van der Waals surface area contributed by atoms with Crippen molar-refractivity contribution in [1.29, 1.82) is 0 Å². The van der Waals surface area contributed by atoms with Gasteiger partial charge in [-0.05, 0) is 30.9 Å². The minimum atomic E-state index is -3.87. The molecule has 2 aromatic rings. The third kappa shape index (κ3) is 3.50. The van der Waals surface area contributed by atoms with Crippen molar-refractivity contribution in [1.82, 2.24) is 9.71 Å². The molecular formula is C14H14F2N2O2S2. The molecule has 0 bridgehead atoms. The van der Waals surface area contributed by atoms with Gasteiger partial charge in [0, 0.05) is 17.1 Å². The fourth-order valence-electron chi connectivity index (χ4n) is 2.26. The zero-order chi connectivity index (χ0) is 15.7. The minimum absolute atomic E-state index is 0.200. The Hall–Kier alpha value is -1.38. The topological polar surface area (TPSA) is 59.1 Å². The molecule has 0 spiro atoms. The second-order valence-electron chi connectivity index (χ2n) is 5.26. The van der Waals surface area contributed by atoms with Gasteiger partial charge in [-0.1, -0.05) is 6.07 Å². The van der Waals surface area contributed by atoms with Crippen molar-refractivity contribution in [3.05, 3.63) is 52.0 Å². The van der Waals surface area contributed by atoms with E-state index in [-0.39, 0.29) is 5.92 Å². The first-order valence-electron chi connectivity index (χ1n) is 6.78. The SMILES string of the molecule is O=S(=O)(Cc1c(F)cccc1F)N[C@@H](c1nccs1)C1CC1. The van der Waals surface area contributed by atoms with Gasteiger partial charge in [0.1, 0.15) is 16.6 Å². The van der Waals surface area contributed by atoms with Gasteiger partial charge in [0.05, 0.1) is 11.8 Å². The summed E-state index contributed by atoms with van der Waals surface area (Å²) in [5.41, 5.74) is -0.441. The highest BCUT2D eigenvalue weighted by Crippen LogP contribution is 2.42. The number of nitrogens with zero attached hydrogens (tertiary/aromatic N) is 1. The summed E-state index contributed by atoms with van der Waals surface area (Å²) in [6.07, 6.45) is 3.45. The van der Waals surface area contributed by atoms with E-state index in [0.717, 1.165) is 25.0 Å². The molecule has 0 saturated heterocycles. The van der Waals surface area contributed by atoms with Crippen molar-refractivity contribution in [2.45, 2.75) is 24.6 Å². The van der Waals surface area contributed by atoms with E-state index in [2.05, 4.69) is 9.71 Å². The first-order valence-corrected chi connectivity index (χ1v) is 9.32. The Kier molecular flexibility index (Phi) is 4.24. The van der Waals surface area contributed by atoms with Crippen LogP contribution in [0.5, 0.6) is 0 Å². The highest BCUT2D eigenvalue weighted by atomic mass is 32.2.